The van der Waals surface area contributed by atoms with Gasteiger partial charge in [0.1, 0.15) is 5.82 Å². The lowest BCUT2D eigenvalue weighted by atomic mass is 9.98. The van der Waals surface area contributed by atoms with Crippen molar-refractivity contribution in [1.29, 1.82) is 0 Å². The number of aromatic carboxylic acids is 1. The minimum atomic E-state index is -1.02. The van der Waals surface area contributed by atoms with Gasteiger partial charge in [0.05, 0.1) is 11.3 Å². The minimum absolute atomic E-state index is 0.164. The van der Waals surface area contributed by atoms with E-state index in [0.29, 0.717) is 11.4 Å². The summed E-state index contributed by atoms with van der Waals surface area (Å²) in [5, 5.41) is 12.5. The fourth-order valence-electron chi connectivity index (χ4n) is 2.59. The average Bonchev–Trinajstić information content (AvgIpc) is 2.57. The Bertz CT molecular complexity index is 888. The summed E-state index contributed by atoms with van der Waals surface area (Å²) in [6, 6.07) is 18.9. The molecule has 0 fully saturated rings. The highest BCUT2D eigenvalue weighted by Crippen LogP contribution is 2.30. The van der Waals surface area contributed by atoms with Gasteiger partial charge in [-0.15, -0.1) is 0 Å². The third-order valence-corrected chi connectivity index (χ3v) is 3.83. The number of rotatable bonds is 4. The quantitative estimate of drug-likeness (QED) is 0.690. The van der Waals surface area contributed by atoms with Crippen LogP contribution < -0.4 is 5.32 Å². The Balaban J connectivity index is 2.05. The van der Waals surface area contributed by atoms with Gasteiger partial charge in [-0.05, 0) is 60.0 Å². The van der Waals surface area contributed by atoms with E-state index < -0.39 is 5.97 Å². The Labute approximate surface area is 139 Å². The summed E-state index contributed by atoms with van der Waals surface area (Å²) in [5.74, 6) is -1.36. The molecule has 120 valence electrons. The number of carboxylic acid groups (broad SMARTS) is 1. The predicted molar refractivity (Wildman–Crippen MR) is 93.3 cm³/mol. The zero-order valence-corrected chi connectivity index (χ0v) is 13.1. The van der Waals surface area contributed by atoms with Crippen molar-refractivity contribution in [3.8, 4) is 11.1 Å². The molecule has 3 aromatic rings. The molecule has 0 saturated carbocycles. The molecule has 0 saturated heterocycles. The first-order valence-corrected chi connectivity index (χ1v) is 7.50. The number of halogens is 1. The van der Waals surface area contributed by atoms with E-state index in [1.165, 1.54) is 12.1 Å². The normalized spacial score (nSPS) is 10.4. The molecule has 0 radical (unpaired) electrons. The van der Waals surface area contributed by atoms with E-state index in [2.05, 4.69) is 5.32 Å². The molecule has 24 heavy (non-hydrogen) atoms. The maximum absolute atomic E-state index is 13.0. The molecule has 0 atom stereocenters. The second-order valence-corrected chi connectivity index (χ2v) is 5.51. The summed E-state index contributed by atoms with van der Waals surface area (Å²) in [5.41, 5.74) is 4.32. The Morgan fingerprint density at radius 1 is 1.00 bits per heavy atom. The van der Waals surface area contributed by atoms with Crippen LogP contribution in [0.1, 0.15) is 15.9 Å². The summed E-state index contributed by atoms with van der Waals surface area (Å²) < 4.78 is 13.0. The van der Waals surface area contributed by atoms with E-state index in [4.69, 9.17) is 0 Å². The van der Waals surface area contributed by atoms with E-state index in [1.807, 2.05) is 31.2 Å². The van der Waals surface area contributed by atoms with Crippen molar-refractivity contribution >= 4 is 17.3 Å². The highest BCUT2D eigenvalue weighted by molar-refractivity contribution is 5.96. The molecule has 0 aliphatic heterocycles. The van der Waals surface area contributed by atoms with E-state index in [9.17, 15) is 14.3 Å². The second kappa shape index (κ2) is 6.54. The fourth-order valence-corrected chi connectivity index (χ4v) is 2.59. The maximum Gasteiger partial charge on any atom is 0.337 e. The number of carbonyl (C=O) groups is 1. The van der Waals surface area contributed by atoms with Crippen LogP contribution in [-0.4, -0.2) is 11.1 Å². The largest absolute Gasteiger partial charge is 0.478 e. The molecule has 2 N–H and O–H groups in total. The number of hydrogen-bond acceptors (Lipinski definition) is 2. The molecule has 0 spiro atoms. The topological polar surface area (TPSA) is 49.3 Å². The number of aryl methyl sites for hydroxylation is 1. The zero-order valence-electron chi connectivity index (χ0n) is 13.1. The van der Waals surface area contributed by atoms with Crippen molar-refractivity contribution < 1.29 is 14.3 Å². The van der Waals surface area contributed by atoms with Gasteiger partial charge in [0, 0.05) is 5.69 Å². The average molecular weight is 321 g/mol. The van der Waals surface area contributed by atoms with Crippen molar-refractivity contribution in [2.24, 2.45) is 0 Å². The van der Waals surface area contributed by atoms with Gasteiger partial charge >= 0.3 is 5.97 Å². The van der Waals surface area contributed by atoms with Crippen molar-refractivity contribution in [3.05, 3.63) is 83.7 Å². The van der Waals surface area contributed by atoms with Crippen LogP contribution in [0.25, 0.3) is 11.1 Å². The summed E-state index contributed by atoms with van der Waals surface area (Å²) in [6.07, 6.45) is 0. The molecule has 3 nitrogen and oxygen atoms in total. The van der Waals surface area contributed by atoms with Crippen LogP contribution in [0.3, 0.4) is 0 Å². The number of anilines is 2. The summed E-state index contributed by atoms with van der Waals surface area (Å²) in [6.45, 7) is 2.01. The first kappa shape index (κ1) is 15.7. The van der Waals surface area contributed by atoms with Gasteiger partial charge in [-0.25, -0.2) is 9.18 Å². The number of hydrogen-bond donors (Lipinski definition) is 2. The molecule has 0 amide bonds. The Morgan fingerprint density at radius 3 is 2.38 bits per heavy atom. The minimum Gasteiger partial charge on any atom is -0.478 e. The predicted octanol–water partition coefficient (Wildman–Crippen LogP) is 5.24. The van der Waals surface area contributed by atoms with Gasteiger partial charge in [-0.1, -0.05) is 30.3 Å². The molecular weight excluding hydrogens is 305 g/mol. The smallest absolute Gasteiger partial charge is 0.337 e. The van der Waals surface area contributed by atoms with Gasteiger partial charge in [0.25, 0.3) is 0 Å². The molecule has 0 heterocycles. The number of carboxylic acids is 1. The lowest BCUT2D eigenvalue weighted by molar-refractivity contribution is 0.0698. The van der Waals surface area contributed by atoms with Gasteiger partial charge < -0.3 is 10.4 Å². The molecular formula is C20H16FNO2. The van der Waals surface area contributed by atoms with E-state index in [0.717, 1.165) is 16.7 Å². The van der Waals surface area contributed by atoms with Gasteiger partial charge in [-0.2, -0.15) is 0 Å². The van der Waals surface area contributed by atoms with Crippen LogP contribution in [0.15, 0.2) is 66.7 Å². The van der Waals surface area contributed by atoms with Crippen molar-refractivity contribution in [2.75, 3.05) is 5.32 Å². The van der Waals surface area contributed by atoms with E-state index in [-0.39, 0.29) is 11.4 Å². The lowest BCUT2D eigenvalue weighted by Gasteiger charge is -2.13. The Hall–Kier alpha value is -3.14. The molecule has 0 unspecified atom stereocenters. The van der Waals surface area contributed by atoms with E-state index in [1.54, 1.807) is 30.3 Å². The van der Waals surface area contributed by atoms with Crippen molar-refractivity contribution in [2.45, 2.75) is 6.92 Å². The van der Waals surface area contributed by atoms with Crippen molar-refractivity contribution in [1.82, 2.24) is 0 Å². The van der Waals surface area contributed by atoms with Gasteiger partial charge in [0.15, 0.2) is 0 Å². The van der Waals surface area contributed by atoms with Crippen LogP contribution in [0.4, 0.5) is 15.8 Å². The zero-order chi connectivity index (χ0) is 17.1. The second-order valence-electron chi connectivity index (χ2n) is 5.51. The van der Waals surface area contributed by atoms with Crippen LogP contribution in [0.2, 0.25) is 0 Å². The lowest BCUT2D eigenvalue weighted by Crippen LogP contribution is -2.03. The molecule has 3 aromatic carbocycles. The van der Waals surface area contributed by atoms with E-state index >= 15 is 0 Å². The Morgan fingerprint density at radius 2 is 1.71 bits per heavy atom. The number of nitrogens with one attached hydrogen (secondary N) is 1. The van der Waals surface area contributed by atoms with Crippen LogP contribution in [0, 0.1) is 12.7 Å². The number of benzene rings is 3. The standard InChI is InChI=1S/C20H16FNO2/c1-13-4-2-3-5-17(13)14-6-11-18(20(23)24)19(12-14)22-16-9-7-15(21)8-10-16/h2-12,22H,1H3,(H,23,24). The molecule has 4 heteroatoms. The summed E-state index contributed by atoms with van der Waals surface area (Å²) in [7, 11) is 0. The SMILES string of the molecule is Cc1ccccc1-c1ccc(C(=O)O)c(Nc2ccc(F)cc2)c1. The van der Waals surface area contributed by atoms with Gasteiger partial charge in [-0.3, -0.25) is 0 Å². The Kier molecular flexibility index (Phi) is 4.29. The molecule has 0 aliphatic carbocycles. The fraction of sp³-hybridized carbons (Fsp3) is 0.0500. The third-order valence-electron chi connectivity index (χ3n) is 3.83. The van der Waals surface area contributed by atoms with Crippen LogP contribution in [0.5, 0.6) is 0 Å². The summed E-state index contributed by atoms with van der Waals surface area (Å²) >= 11 is 0. The first-order chi connectivity index (χ1) is 11.5. The molecule has 3 rings (SSSR count). The molecule has 0 aromatic heterocycles. The van der Waals surface area contributed by atoms with Crippen LogP contribution >= 0.6 is 0 Å². The monoisotopic (exact) mass is 321 g/mol. The maximum atomic E-state index is 13.0. The van der Waals surface area contributed by atoms with Gasteiger partial charge in [0.2, 0.25) is 0 Å². The summed E-state index contributed by atoms with van der Waals surface area (Å²) in [4.78, 5) is 11.5. The molecule has 0 bridgehead atoms. The first-order valence-electron chi connectivity index (χ1n) is 7.50. The highest BCUT2D eigenvalue weighted by Gasteiger charge is 2.12. The molecule has 0 aliphatic rings. The third kappa shape index (κ3) is 3.27. The highest BCUT2D eigenvalue weighted by atomic mass is 19.1. The van der Waals surface area contributed by atoms with Crippen LogP contribution in [-0.2, 0) is 0 Å². The van der Waals surface area contributed by atoms with Crippen molar-refractivity contribution in [3.63, 3.8) is 0 Å².